The van der Waals surface area contributed by atoms with Crippen LogP contribution in [0.5, 0.6) is 0 Å². The monoisotopic (exact) mass is 364 g/mol. The smallest absolute Gasteiger partial charge is 0.343 e. The van der Waals surface area contributed by atoms with Gasteiger partial charge in [0.15, 0.2) is 0 Å². The summed E-state index contributed by atoms with van der Waals surface area (Å²) in [5, 5.41) is 0. The summed E-state index contributed by atoms with van der Waals surface area (Å²) in [4.78, 5) is 0. The second-order valence-corrected chi connectivity index (χ2v) is 8.19. The minimum absolute atomic E-state index is 0.393. The van der Waals surface area contributed by atoms with Gasteiger partial charge in [-0.15, -0.1) is 0 Å². The lowest BCUT2D eigenvalue weighted by Gasteiger charge is -2.33. The highest BCUT2D eigenvalue weighted by molar-refractivity contribution is 14.1. The first-order chi connectivity index (χ1) is 8.18. The van der Waals surface area contributed by atoms with Gasteiger partial charge in [-0.25, -0.2) is 0 Å². The van der Waals surface area contributed by atoms with E-state index in [1.165, 1.54) is 5.56 Å². The largest absolute Gasteiger partial charge is 0.394 e. The maximum Gasteiger partial charge on any atom is 0.343 e. The number of hydrogen-bond donors (Lipinski definition) is 0. The van der Waals surface area contributed by atoms with E-state index in [1.54, 1.807) is 0 Å². The zero-order valence-electron chi connectivity index (χ0n) is 10.8. The van der Waals surface area contributed by atoms with Crippen molar-refractivity contribution in [2.24, 2.45) is 0 Å². The molecule has 0 aliphatic carbocycles. The molecule has 1 aromatic carbocycles. The molecule has 4 heteroatoms. The predicted octanol–water partition coefficient (Wildman–Crippen LogP) is 3.89. The van der Waals surface area contributed by atoms with Crippen molar-refractivity contribution in [3.05, 3.63) is 35.9 Å². The number of rotatable bonds is 7. The van der Waals surface area contributed by atoms with Gasteiger partial charge in [-0.2, -0.15) is 0 Å². The van der Waals surface area contributed by atoms with E-state index in [9.17, 15) is 0 Å². The fourth-order valence-corrected chi connectivity index (χ4v) is 7.65. The Kier molecular flexibility index (Phi) is 6.69. The molecule has 0 saturated carbocycles. The van der Waals surface area contributed by atoms with Gasteiger partial charge < -0.3 is 8.85 Å². The third-order valence-electron chi connectivity index (χ3n) is 2.85. The summed E-state index contributed by atoms with van der Waals surface area (Å²) in [6.07, 6.45) is 0. The molecule has 0 aliphatic rings. The van der Waals surface area contributed by atoms with Crippen LogP contribution in [0.25, 0.3) is 0 Å². The number of hydrogen-bond acceptors (Lipinski definition) is 2. The van der Waals surface area contributed by atoms with E-state index in [2.05, 4.69) is 53.4 Å². The SMILES string of the molecule is CCO[Si](C)(OCC)C(CI)c1ccccc1. The minimum Gasteiger partial charge on any atom is -0.394 e. The summed E-state index contributed by atoms with van der Waals surface area (Å²) < 4.78 is 13.0. The second-order valence-electron chi connectivity index (χ2n) is 4.00. The Hall–Kier alpha value is 0.0869. The summed E-state index contributed by atoms with van der Waals surface area (Å²) in [5.41, 5.74) is 1.72. The lowest BCUT2D eigenvalue weighted by atomic mass is 10.2. The first kappa shape index (κ1) is 15.1. The lowest BCUT2D eigenvalue weighted by Crippen LogP contribution is -2.46. The molecule has 0 fully saturated rings. The molecule has 17 heavy (non-hydrogen) atoms. The number of alkyl halides is 1. The average Bonchev–Trinajstić information content (AvgIpc) is 2.31. The highest BCUT2D eigenvalue weighted by atomic mass is 127. The van der Waals surface area contributed by atoms with Gasteiger partial charge >= 0.3 is 8.56 Å². The third kappa shape index (κ3) is 4.05. The van der Waals surface area contributed by atoms with Crippen LogP contribution < -0.4 is 0 Å². The van der Waals surface area contributed by atoms with E-state index in [0.29, 0.717) is 5.54 Å². The zero-order valence-corrected chi connectivity index (χ0v) is 13.9. The topological polar surface area (TPSA) is 18.5 Å². The Labute approximate surface area is 119 Å². The molecule has 1 rings (SSSR count). The molecule has 96 valence electrons. The van der Waals surface area contributed by atoms with Crippen LogP contribution in [0.3, 0.4) is 0 Å². The van der Waals surface area contributed by atoms with Gasteiger partial charge in [0, 0.05) is 23.2 Å². The highest BCUT2D eigenvalue weighted by Gasteiger charge is 2.41. The van der Waals surface area contributed by atoms with E-state index in [-0.39, 0.29) is 0 Å². The van der Waals surface area contributed by atoms with E-state index >= 15 is 0 Å². The molecule has 1 atom stereocenters. The summed E-state index contributed by atoms with van der Waals surface area (Å²) in [6.45, 7) is 7.71. The normalized spacial score (nSPS) is 13.6. The van der Waals surface area contributed by atoms with Crippen LogP contribution in [0.15, 0.2) is 30.3 Å². The molecule has 2 nitrogen and oxygen atoms in total. The molecule has 0 heterocycles. The van der Waals surface area contributed by atoms with Crippen LogP contribution in [-0.4, -0.2) is 26.2 Å². The summed E-state index contributed by atoms with van der Waals surface area (Å²) >= 11 is 2.43. The van der Waals surface area contributed by atoms with E-state index in [1.807, 2.05) is 19.9 Å². The first-order valence-corrected chi connectivity index (χ1v) is 9.98. The maximum atomic E-state index is 5.99. The van der Waals surface area contributed by atoms with Gasteiger partial charge in [-0.3, -0.25) is 0 Å². The van der Waals surface area contributed by atoms with Gasteiger partial charge in [-0.05, 0) is 26.0 Å². The van der Waals surface area contributed by atoms with Gasteiger partial charge in [0.25, 0.3) is 0 Å². The van der Waals surface area contributed by atoms with Crippen molar-refractivity contribution in [1.29, 1.82) is 0 Å². The van der Waals surface area contributed by atoms with Crippen LogP contribution in [0.1, 0.15) is 25.0 Å². The summed E-state index contributed by atoms with van der Waals surface area (Å²) in [7, 11) is -2.13. The molecule has 0 N–H and O–H groups in total. The van der Waals surface area contributed by atoms with Crippen molar-refractivity contribution in [2.75, 3.05) is 17.6 Å². The molecule has 0 amide bonds. The van der Waals surface area contributed by atoms with E-state index in [0.717, 1.165) is 17.6 Å². The number of halogens is 1. The predicted molar refractivity (Wildman–Crippen MR) is 82.9 cm³/mol. The first-order valence-electron chi connectivity index (χ1n) is 6.06. The lowest BCUT2D eigenvalue weighted by molar-refractivity contribution is 0.182. The summed E-state index contributed by atoms with van der Waals surface area (Å²) in [6, 6.07) is 10.6. The van der Waals surface area contributed by atoms with E-state index < -0.39 is 8.56 Å². The molecule has 0 bridgehead atoms. The molecule has 1 unspecified atom stereocenters. The van der Waals surface area contributed by atoms with Crippen molar-refractivity contribution in [1.82, 2.24) is 0 Å². The standard InChI is InChI=1S/C13H21IO2Si/c1-4-15-17(3,16-5-2)13(11-14)12-9-7-6-8-10-12/h6-10,13H,4-5,11H2,1-3H3. The van der Waals surface area contributed by atoms with Crippen LogP contribution in [0.2, 0.25) is 6.55 Å². The zero-order chi connectivity index (χ0) is 12.7. The Bertz CT molecular complexity index is 312. The highest BCUT2D eigenvalue weighted by Crippen LogP contribution is 2.30. The van der Waals surface area contributed by atoms with Gasteiger partial charge in [-0.1, -0.05) is 52.9 Å². The molecule has 0 aliphatic heterocycles. The average molecular weight is 364 g/mol. The Balaban J connectivity index is 2.97. The third-order valence-corrected chi connectivity index (χ3v) is 8.09. The van der Waals surface area contributed by atoms with Crippen molar-refractivity contribution in [3.63, 3.8) is 0 Å². The maximum absolute atomic E-state index is 5.99. The molecule has 1 aromatic rings. The molecular weight excluding hydrogens is 343 g/mol. The van der Waals surface area contributed by atoms with Crippen LogP contribution in [0, 0.1) is 0 Å². The van der Waals surface area contributed by atoms with Gasteiger partial charge in [0.2, 0.25) is 0 Å². The van der Waals surface area contributed by atoms with Gasteiger partial charge in [0.1, 0.15) is 0 Å². The van der Waals surface area contributed by atoms with E-state index in [4.69, 9.17) is 8.85 Å². The van der Waals surface area contributed by atoms with Crippen molar-refractivity contribution in [3.8, 4) is 0 Å². The second kappa shape index (κ2) is 7.51. The number of benzene rings is 1. The fraction of sp³-hybridized carbons (Fsp3) is 0.538. The molecule has 0 aromatic heterocycles. The minimum atomic E-state index is -2.13. The van der Waals surface area contributed by atoms with Crippen LogP contribution >= 0.6 is 22.6 Å². The Morgan fingerprint density at radius 1 is 1.12 bits per heavy atom. The van der Waals surface area contributed by atoms with Crippen LogP contribution in [-0.2, 0) is 8.85 Å². The Morgan fingerprint density at radius 2 is 1.65 bits per heavy atom. The molecule has 0 saturated heterocycles. The fourth-order valence-electron chi connectivity index (χ4n) is 2.03. The van der Waals surface area contributed by atoms with Crippen molar-refractivity contribution in [2.45, 2.75) is 25.9 Å². The molecule has 0 radical (unpaired) electrons. The molecule has 0 spiro atoms. The molecular formula is C13H21IO2Si. The van der Waals surface area contributed by atoms with Gasteiger partial charge in [0.05, 0.1) is 0 Å². The van der Waals surface area contributed by atoms with Crippen molar-refractivity contribution >= 4 is 31.2 Å². The van der Waals surface area contributed by atoms with Crippen molar-refractivity contribution < 1.29 is 8.85 Å². The quantitative estimate of drug-likeness (QED) is 0.415. The Morgan fingerprint density at radius 3 is 2.06 bits per heavy atom. The van der Waals surface area contributed by atoms with Crippen LogP contribution in [0.4, 0.5) is 0 Å². The summed E-state index contributed by atoms with van der Waals surface area (Å²) in [5.74, 6) is 0.